The summed E-state index contributed by atoms with van der Waals surface area (Å²) in [6, 6.07) is 9.03. The molecule has 16 heteroatoms. The number of rotatable bonds is 9. The maximum Gasteiger partial charge on any atom is 0.573 e. The first-order valence-corrected chi connectivity index (χ1v) is 14.7. The van der Waals surface area contributed by atoms with E-state index in [2.05, 4.69) is 19.8 Å². The number of aromatic nitrogens is 1. The molecule has 0 aliphatic heterocycles. The summed E-state index contributed by atoms with van der Waals surface area (Å²) in [6.45, 7) is 1.21. The molecule has 4 rings (SSSR count). The fourth-order valence-electron chi connectivity index (χ4n) is 3.75. The van der Waals surface area contributed by atoms with Crippen molar-refractivity contribution in [3.05, 3.63) is 86.7 Å². The summed E-state index contributed by atoms with van der Waals surface area (Å²) in [6.07, 6.45) is -3.16. The highest BCUT2D eigenvalue weighted by Crippen LogP contribution is 2.37. The maximum absolute atomic E-state index is 14.1. The molecule has 0 unspecified atom stereocenters. The molecule has 0 atom stereocenters. The van der Waals surface area contributed by atoms with Crippen molar-refractivity contribution in [2.75, 3.05) is 16.3 Å². The third kappa shape index (κ3) is 8.53. The van der Waals surface area contributed by atoms with Crippen LogP contribution < -0.4 is 19.5 Å². The maximum atomic E-state index is 14.1. The number of carbonyl (C=O) groups is 1. The second-order valence-electron chi connectivity index (χ2n) is 8.77. The summed E-state index contributed by atoms with van der Waals surface area (Å²) >= 11 is 7.13. The monoisotopic (exact) mass is 647 g/mol. The number of nitrogens with one attached hydrogen (secondary N) is 2. The average molecular weight is 648 g/mol. The molecule has 2 aromatic heterocycles. The Hall–Kier alpha value is -3.95. The van der Waals surface area contributed by atoms with Gasteiger partial charge >= 0.3 is 6.36 Å². The number of sulfonamides is 1. The Morgan fingerprint density at radius 3 is 2.43 bits per heavy atom. The minimum absolute atomic E-state index is 0.0298. The number of pyridine rings is 1. The predicted molar refractivity (Wildman–Crippen MR) is 148 cm³/mol. The van der Waals surface area contributed by atoms with Gasteiger partial charge in [0, 0.05) is 33.3 Å². The highest BCUT2D eigenvalue weighted by Gasteiger charge is 2.31. The Bertz CT molecular complexity index is 1760. The zero-order valence-electron chi connectivity index (χ0n) is 21.5. The standard InChI is InChI=1S/C26H19ClF5N3O5S2/c1-13-21(10-23(41-13)25(36)34-18-5-15(27)6-19(9-18)35-42(2,37)38)24-22(8-17(29)11-33-24)39-12-14-3-16(28)7-20(4-14)40-26(30,31)32/h3-11,35H,12H2,1-2H3,(H,34,36). The largest absolute Gasteiger partial charge is 0.573 e. The second-order valence-corrected chi connectivity index (χ2v) is 12.2. The number of benzene rings is 2. The molecule has 2 aromatic carbocycles. The van der Waals surface area contributed by atoms with Gasteiger partial charge in [-0.2, -0.15) is 0 Å². The summed E-state index contributed by atoms with van der Waals surface area (Å²) in [5.41, 5.74) is 0.828. The summed E-state index contributed by atoms with van der Waals surface area (Å²) in [4.78, 5) is 17.9. The second kappa shape index (κ2) is 12.1. The smallest absolute Gasteiger partial charge is 0.487 e. The Labute approximate surface area is 245 Å². The van der Waals surface area contributed by atoms with Crippen LogP contribution in [0.2, 0.25) is 5.02 Å². The van der Waals surface area contributed by atoms with Crippen molar-refractivity contribution in [3.8, 4) is 22.8 Å². The Balaban J connectivity index is 1.57. The van der Waals surface area contributed by atoms with Crippen molar-refractivity contribution in [2.24, 2.45) is 0 Å². The number of carbonyl (C=O) groups excluding carboxylic acids is 1. The van der Waals surface area contributed by atoms with Crippen LogP contribution in [0.25, 0.3) is 11.3 Å². The van der Waals surface area contributed by atoms with Crippen LogP contribution in [0, 0.1) is 18.6 Å². The van der Waals surface area contributed by atoms with Crippen LogP contribution in [0.1, 0.15) is 20.1 Å². The van der Waals surface area contributed by atoms with Gasteiger partial charge in [0.2, 0.25) is 10.0 Å². The van der Waals surface area contributed by atoms with Gasteiger partial charge in [-0.25, -0.2) is 22.2 Å². The lowest BCUT2D eigenvalue weighted by molar-refractivity contribution is -0.274. The van der Waals surface area contributed by atoms with Crippen LogP contribution in [0.3, 0.4) is 0 Å². The molecule has 0 aliphatic carbocycles. The summed E-state index contributed by atoms with van der Waals surface area (Å²) < 4.78 is 100. The van der Waals surface area contributed by atoms with E-state index < -0.39 is 46.3 Å². The lowest BCUT2D eigenvalue weighted by Crippen LogP contribution is -2.17. The van der Waals surface area contributed by atoms with Crippen molar-refractivity contribution in [1.82, 2.24) is 4.98 Å². The van der Waals surface area contributed by atoms with Crippen LogP contribution in [-0.4, -0.2) is 31.9 Å². The van der Waals surface area contributed by atoms with E-state index >= 15 is 0 Å². The number of amides is 1. The molecule has 0 saturated carbocycles. The zero-order chi connectivity index (χ0) is 30.8. The van der Waals surface area contributed by atoms with E-state index in [-0.39, 0.29) is 38.3 Å². The van der Waals surface area contributed by atoms with E-state index in [0.29, 0.717) is 16.5 Å². The molecule has 0 saturated heterocycles. The fraction of sp³-hybridized carbons (Fsp3) is 0.154. The quantitative estimate of drug-likeness (QED) is 0.187. The molecule has 1 amide bonds. The van der Waals surface area contributed by atoms with Crippen LogP contribution >= 0.6 is 22.9 Å². The van der Waals surface area contributed by atoms with Gasteiger partial charge in [-0.1, -0.05) is 11.6 Å². The van der Waals surface area contributed by atoms with Crippen molar-refractivity contribution in [1.29, 1.82) is 0 Å². The van der Waals surface area contributed by atoms with E-state index in [1.54, 1.807) is 6.92 Å². The molecule has 0 spiro atoms. The molecule has 2 N–H and O–H groups in total. The highest BCUT2D eigenvalue weighted by atomic mass is 35.5. The lowest BCUT2D eigenvalue weighted by Gasteiger charge is -2.13. The van der Waals surface area contributed by atoms with E-state index in [1.807, 2.05) is 0 Å². The third-order valence-electron chi connectivity index (χ3n) is 5.23. The number of nitrogens with zero attached hydrogens (tertiary/aromatic N) is 1. The first-order chi connectivity index (χ1) is 19.5. The molecule has 0 bridgehead atoms. The number of hydrogen-bond acceptors (Lipinski definition) is 7. The van der Waals surface area contributed by atoms with Gasteiger partial charge in [-0.3, -0.25) is 9.52 Å². The number of hydrogen-bond donors (Lipinski definition) is 2. The molecular formula is C26H19ClF5N3O5S2. The number of alkyl halides is 3. The molecule has 42 heavy (non-hydrogen) atoms. The van der Waals surface area contributed by atoms with Gasteiger partial charge in [0.05, 0.1) is 23.0 Å². The van der Waals surface area contributed by atoms with Crippen LogP contribution in [0.15, 0.2) is 54.7 Å². The number of thiophene rings is 1. The predicted octanol–water partition coefficient (Wildman–Crippen LogP) is 7.15. The summed E-state index contributed by atoms with van der Waals surface area (Å²) in [7, 11) is -3.60. The van der Waals surface area contributed by atoms with Crippen LogP contribution in [-0.2, 0) is 16.6 Å². The molecule has 8 nitrogen and oxygen atoms in total. The molecular weight excluding hydrogens is 629 g/mol. The Morgan fingerprint density at radius 2 is 1.74 bits per heavy atom. The highest BCUT2D eigenvalue weighted by molar-refractivity contribution is 7.92. The number of aryl methyl sites for hydroxylation is 1. The van der Waals surface area contributed by atoms with Crippen molar-refractivity contribution in [2.45, 2.75) is 19.9 Å². The first-order valence-electron chi connectivity index (χ1n) is 11.6. The van der Waals surface area contributed by atoms with Gasteiger partial charge in [0.1, 0.15) is 35.4 Å². The molecule has 222 valence electrons. The van der Waals surface area contributed by atoms with Gasteiger partial charge < -0.3 is 14.8 Å². The topological polar surface area (TPSA) is 107 Å². The van der Waals surface area contributed by atoms with Crippen molar-refractivity contribution >= 4 is 50.2 Å². The van der Waals surface area contributed by atoms with E-state index in [0.717, 1.165) is 42.0 Å². The number of anilines is 2. The Kier molecular flexibility index (Phi) is 8.94. The average Bonchev–Trinajstić information content (AvgIpc) is 3.21. The first kappa shape index (κ1) is 31.0. The van der Waals surface area contributed by atoms with Crippen LogP contribution in [0.4, 0.5) is 33.3 Å². The third-order valence-corrected chi connectivity index (χ3v) is 7.11. The molecule has 2 heterocycles. The molecule has 0 fully saturated rings. The number of halogens is 6. The molecule has 4 aromatic rings. The summed E-state index contributed by atoms with van der Waals surface area (Å²) in [5, 5.41) is 2.79. The van der Waals surface area contributed by atoms with Crippen LogP contribution in [0.5, 0.6) is 11.5 Å². The van der Waals surface area contributed by atoms with Crippen molar-refractivity contribution in [3.63, 3.8) is 0 Å². The SMILES string of the molecule is Cc1sc(C(=O)Nc2cc(Cl)cc(NS(C)(=O)=O)c2)cc1-c1ncc(F)cc1OCc1cc(F)cc(OC(F)(F)F)c1. The van der Waals surface area contributed by atoms with E-state index in [4.69, 9.17) is 16.3 Å². The number of ether oxygens (including phenoxy) is 2. The molecule has 0 aliphatic rings. The summed E-state index contributed by atoms with van der Waals surface area (Å²) in [5.74, 6) is -3.25. The van der Waals surface area contributed by atoms with Crippen molar-refractivity contribution < 1.29 is 44.6 Å². The van der Waals surface area contributed by atoms with Gasteiger partial charge in [-0.15, -0.1) is 24.5 Å². The van der Waals surface area contributed by atoms with E-state index in [1.165, 1.54) is 24.3 Å². The fourth-order valence-corrected chi connectivity index (χ4v) is 5.44. The van der Waals surface area contributed by atoms with Gasteiger partial charge in [0.25, 0.3) is 5.91 Å². The van der Waals surface area contributed by atoms with Gasteiger partial charge in [-0.05, 0) is 48.9 Å². The lowest BCUT2D eigenvalue weighted by atomic mass is 10.1. The minimum Gasteiger partial charge on any atom is -0.487 e. The van der Waals surface area contributed by atoms with Gasteiger partial charge in [0.15, 0.2) is 0 Å². The normalized spacial score (nSPS) is 11.7. The zero-order valence-corrected chi connectivity index (χ0v) is 23.9. The van der Waals surface area contributed by atoms with E-state index in [9.17, 15) is 35.2 Å². The molecule has 0 radical (unpaired) electrons. The Morgan fingerprint density at radius 1 is 1.02 bits per heavy atom. The minimum atomic E-state index is -5.03.